The summed E-state index contributed by atoms with van der Waals surface area (Å²) in [4.78, 5) is 0. The van der Waals surface area contributed by atoms with Crippen LogP contribution in [0.3, 0.4) is 0 Å². The summed E-state index contributed by atoms with van der Waals surface area (Å²) in [5.41, 5.74) is 8.49. The predicted molar refractivity (Wildman–Crippen MR) is 99.6 cm³/mol. The van der Waals surface area contributed by atoms with Gasteiger partial charge >= 0.3 is 37.9 Å². The first-order valence-corrected chi connectivity index (χ1v) is 14.3. The molecule has 3 heteroatoms. The van der Waals surface area contributed by atoms with Crippen molar-refractivity contribution in [1.29, 1.82) is 0 Å². The van der Waals surface area contributed by atoms with Crippen LogP contribution in [0.2, 0.25) is 0 Å². The monoisotopic (exact) mass is 422 g/mol. The molecule has 2 aromatic carbocycles. The van der Waals surface area contributed by atoms with E-state index in [1.165, 1.54) is 39.8 Å². The van der Waals surface area contributed by atoms with Gasteiger partial charge < -0.3 is 0 Å². The number of fused-ring (bicyclic) bond motifs is 1. The quantitative estimate of drug-likeness (QED) is 0.489. The Hall–Kier alpha value is -0.357. The number of allylic oxidation sites excluding steroid dienone is 1. The van der Waals surface area contributed by atoms with Gasteiger partial charge in [0.1, 0.15) is 0 Å². The Morgan fingerprint density at radius 3 is 2.35 bits per heavy atom. The second-order valence-corrected chi connectivity index (χ2v) is 9.78. The van der Waals surface area contributed by atoms with Crippen molar-refractivity contribution >= 4 is 23.1 Å². The van der Waals surface area contributed by atoms with Crippen molar-refractivity contribution in [3.63, 3.8) is 0 Å². The van der Waals surface area contributed by atoms with E-state index in [2.05, 4.69) is 69.3 Å². The third-order valence-electron chi connectivity index (χ3n) is 4.46. The van der Waals surface area contributed by atoms with Crippen molar-refractivity contribution in [1.82, 2.24) is 0 Å². The zero-order chi connectivity index (χ0) is 16.8. The predicted octanol–water partition coefficient (Wildman–Crippen LogP) is 7.20. The second-order valence-electron chi connectivity index (χ2n) is 6.05. The molecule has 0 radical (unpaired) electrons. The third-order valence-corrected chi connectivity index (χ3v) is 4.46. The van der Waals surface area contributed by atoms with Crippen molar-refractivity contribution in [2.45, 2.75) is 39.5 Å². The molecule has 0 saturated carbocycles. The SMILES string of the molecule is CCC(C)c1ccc(-c2cccc3c2C=C(C)C3)cc1.[Cl][Zr][Cl]. The topological polar surface area (TPSA) is 0 Å². The van der Waals surface area contributed by atoms with Gasteiger partial charge in [-0.15, -0.1) is 0 Å². The summed E-state index contributed by atoms with van der Waals surface area (Å²) in [5, 5.41) is 0. The van der Waals surface area contributed by atoms with Crippen molar-refractivity contribution in [2.75, 3.05) is 0 Å². The number of hydrogen-bond acceptors (Lipinski definition) is 0. The molecule has 0 N–H and O–H groups in total. The Morgan fingerprint density at radius 2 is 1.74 bits per heavy atom. The van der Waals surface area contributed by atoms with Gasteiger partial charge in [-0.25, -0.2) is 0 Å². The van der Waals surface area contributed by atoms with Gasteiger partial charge in [-0.3, -0.25) is 0 Å². The van der Waals surface area contributed by atoms with Gasteiger partial charge in [-0.1, -0.05) is 68.0 Å². The molecule has 0 aromatic heterocycles. The standard InChI is InChI=1S/C20H22.2ClH.Zr/c1-4-15(3)16-8-10-17(11-9-16)19-7-5-6-18-12-14(2)13-20(18)19;;;/h5-11,13,15H,4,12H2,1-3H3;2*1H;/q;;;+2/p-2. The molecule has 0 heterocycles. The molecule has 1 atom stereocenters. The van der Waals surface area contributed by atoms with Gasteiger partial charge in [0.25, 0.3) is 0 Å². The first-order chi connectivity index (χ1) is 11.1. The average Bonchev–Trinajstić information content (AvgIpc) is 2.95. The van der Waals surface area contributed by atoms with Gasteiger partial charge in [0.15, 0.2) is 0 Å². The summed E-state index contributed by atoms with van der Waals surface area (Å²) in [6.45, 7) is 6.76. The van der Waals surface area contributed by atoms with Gasteiger partial charge in [0.05, 0.1) is 0 Å². The molecule has 0 amide bonds. The Bertz CT molecular complexity index is 675. The molecule has 1 aliphatic carbocycles. The molecule has 2 aromatic rings. The van der Waals surface area contributed by atoms with Crippen LogP contribution in [0.4, 0.5) is 0 Å². The molecule has 120 valence electrons. The number of halogens is 2. The van der Waals surface area contributed by atoms with Gasteiger partial charge in [0, 0.05) is 0 Å². The molecular formula is C20H22Cl2Zr. The van der Waals surface area contributed by atoms with Crippen LogP contribution in [-0.2, 0) is 27.3 Å². The molecule has 0 nitrogen and oxygen atoms in total. The molecule has 23 heavy (non-hydrogen) atoms. The van der Waals surface area contributed by atoms with E-state index < -0.39 is 20.8 Å². The summed E-state index contributed by atoms with van der Waals surface area (Å²) in [5.74, 6) is 0.646. The normalized spacial score (nSPS) is 13.5. The van der Waals surface area contributed by atoms with E-state index in [0.29, 0.717) is 5.92 Å². The van der Waals surface area contributed by atoms with Crippen LogP contribution >= 0.6 is 17.0 Å². The summed E-state index contributed by atoms with van der Waals surface area (Å²) >= 11 is -0.826. The van der Waals surface area contributed by atoms with E-state index in [4.69, 9.17) is 17.0 Å². The van der Waals surface area contributed by atoms with E-state index in [1.54, 1.807) is 0 Å². The van der Waals surface area contributed by atoms with Crippen molar-refractivity contribution in [3.05, 3.63) is 64.7 Å². The van der Waals surface area contributed by atoms with Crippen LogP contribution in [0.15, 0.2) is 48.0 Å². The second kappa shape index (κ2) is 9.21. The molecule has 1 aliphatic rings. The van der Waals surface area contributed by atoms with Crippen LogP contribution < -0.4 is 0 Å². The number of rotatable bonds is 3. The van der Waals surface area contributed by atoms with Crippen molar-refractivity contribution in [2.24, 2.45) is 0 Å². The summed E-state index contributed by atoms with van der Waals surface area (Å²) in [6.07, 6.45) is 4.64. The fraction of sp³-hybridized carbons (Fsp3) is 0.300. The summed E-state index contributed by atoms with van der Waals surface area (Å²) in [7, 11) is 9.87. The molecule has 3 rings (SSSR count). The number of benzene rings is 2. The van der Waals surface area contributed by atoms with Gasteiger partial charge in [0.2, 0.25) is 0 Å². The molecule has 0 fully saturated rings. The first-order valence-electron chi connectivity index (χ1n) is 7.96. The zero-order valence-electron chi connectivity index (χ0n) is 13.9. The minimum absolute atomic E-state index is 0.646. The van der Waals surface area contributed by atoms with Crippen molar-refractivity contribution in [3.8, 4) is 11.1 Å². The zero-order valence-corrected chi connectivity index (χ0v) is 17.8. The summed E-state index contributed by atoms with van der Waals surface area (Å²) < 4.78 is 0. The third kappa shape index (κ3) is 4.82. The van der Waals surface area contributed by atoms with E-state index in [1.807, 2.05) is 0 Å². The van der Waals surface area contributed by atoms with Crippen LogP contribution in [0.1, 0.15) is 49.8 Å². The van der Waals surface area contributed by atoms with Gasteiger partial charge in [-0.2, -0.15) is 0 Å². The van der Waals surface area contributed by atoms with Crippen LogP contribution in [0, 0.1) is 0 Å². The minimum atomic E-state index is -0.826. The average molecular weight is 425 g/mol. The summed E-state index contributed by atoms with van der Waals surface area (Å²) in [6, 6.07) is 15.8. The molecule has 0 saturated heterocycles. The number of hydrogen-bond donors (Lipinski definition) is 0. The van der Waals surface area contributed by atoms with Crippen LogP contribution in [0.25, 0.3) is 17.2 Å². The van der Waals surface area contributed by atoms with E-state index in [0.717, 1.165) is 6.42 Å². The molecule has 0 aliphatic heterocycles. The Kier molecular flexibility index (Phi) is 7.60. The maximum atomic E-state index is 4.93. The fourth-order valence-corrected chi connectivity index (χ4v) is 3.01. The van der Waals surface area contributed by atoms with Crippen LogP contribution in [0.5, 0.6) is 0 Å². The molecule has 0 bridgehead atoms. The van der Waals surface area contributed by atoms with E-state index in [-0.39, 0.29) is 0 Å². The maximum absolute atomic E-state index is 4.93. The van der Waals surface area contributed by atoms with E-state index >= 15 is 0 Å². The van der Waals surface area contributed by atoms with E-state index in [9.17, 15) is 0 Å². The fourth-order valence-electron chi connectivity index (χ4n) is 3.01. The first kappa shape index (κ1) is 19.0. The van der Waals surface area contributed by atoms with Gasteiger partial charge in [-0.05, 0) is 53.5 Å². The Labute approximate surface area is 158 Å². The molecular weight excluding hydrogens is 402 g/mol. The molecule has 0 spiro atoms. The Balaban J connectivity index is 0.000000595. The Morgan fingerprint density at radius 1 is 1.09 bits per heavy atom. The molecule has 1 unspecified atom stereocenters. The van der Waals surface area contributed by atoms with Crippen molar-refractivity contribution < 1.29 is 20.8 Å². The van der Waals surface area contributed by atoms with Crippen LogP contribution in [-0.4, -0.2) is 0 Å².